The predicted octanol–water partition coefficient (Wildman–Crippen LogP) is 2.27. The van der Waals surface area contributed by atoms with Crippen molar-refractivity contribution in [2.45, 2.75) is 25.8 Å². The number of fused-ring (bicyclic) bond motifs is 1. The molecule has 2 heterocycles. The van der Waals surface area contributed by atoms with Crippen LogP contribution < -0.4 is 4.90 Å². The molecule has 0 bridgehead atoms. The number of anilines is 1. The van der Waals surface area contributed by atoms with E-state index in [0.29, 0.717) is 0 Å². The molecule has 2 heteroatoms. The molecule has 3 rings (SSSR count). The number of nitrogens with zero attached hydrogens (tertiary/aromatic N) is 2. The van der Waals surface area contributed by atoms with Crippen LogP contribution in [0.1, 0.15) is 24.0 Å². The lowest BCUT2D eigenvalue weighted by Gasteiger charge is -2.18. The molecule has 2 nitrogen and oxygen atoms in total. The van der Waals surface area contributed by atoms with Gasteiger partial charge in [-0.25, -0.2) is 0 Å². The van der Waals surface area contributed by atoms with Crippen molar-refractivity contribution in [3.63, 3.8) is 0 Å². The summed E-state index contributed by atoms with van der Waals surface area (Å²) in [6.45, 7) is 4.93. The third-order valence-electron chi connectivity index (χ3n) is 3.95. The van der Waals surface area contributed by atoms with Gasteiger partial charge in [0.25, 0.3) is 0 Å². The second-order valence-corrected chi connectivity index (χ2v) is 5.07. The van der Waals surface area contributed by atoms with Crippen molar-refractivity contribution in [1.82, 2.24) is 4.90 Å². The van der Waals surface area contributed by atoms with Gasteiger partial charge in [-0.15, -0.1) is 0 Å². The molecule has 0 unspecified atom stereocenters. The monoisotopic (exact) mass is 216 g/mol. The maximum Gasteiger partial charge on any atom is 0.0400 e. The Morgan fingerprint density at radius 3 is 2.75 bits per heavy atom. The molecular formula is C14H20N2. The van der Waals surface area contributed by atoms with E-state index in [0.717, 1.165) is 6.54 Å². The highest BCUT2D eigenvalue weighted by molar-refractivity contribution is 5.60. The van der Waals surface area contributed by atoms with Crippen molar-refractivity contribution in [1.29, 1.82) is 0 Å². The van der Waals surface area contributed by atoms with Crippen LogP contribution in [0.3, 0.4) is 0 Å². The maximum atomic E-state index is 2.59. The molecule has 0 aromatic heterocycles. The van der Waals surface area contributed by atoms with Crippen molar-refractivity contribution in [2.24, 2.45) is 0 Å². The summed E-state index contributed by atoms with van der Waals surface area (Å²) in [5.41, 5.74) is 4.61. The molecule has 0 saturated carbocycles. The van der Waals surface area contributed by atoms with Crippen LogP contribution in [0.4, 0.5) is 5.69 Å². The van der Waals surface area contributed by atoms with Crippen molar-refractivity contribution in [3.8, 4) is 0 Å². The molecule has 1 aromatic rings. The van der Waals surface area contributed by atoms with Gasteiger partial charge in [-0.05, 0) is 49.5 Å². The van der Waals surface area contributed by atoms with E-state index in [-0.39, 0.29) is 0 Å². The van der Waals surface area contributed by atoms with Crippen LogP contribution in [0.2, 0.25) is 0 Å². The topological polar surface area (TPSA) is 6.48 Å². The molecule has 0 aliphatic carbocycles. The third kappa shape index (κ3) is 1.71. The standard InChI is InChI=1S/C14H20N2/c1-15-10-7-13-12(5-4-6-14(13)15)11-16-8-2-3-9-16/h4-6H,2-3,7-11H2,1H3. The summed E-state index contributed by atoms with van der Waals surface area (Å²) < 4.78 is 0. The average Bonchev–Trinajstić information content (AvgIpc) is 2.90. The normalized spacial score (nSPS) is 20.4. The Kier molecular flexibility index (Phi) is 2.60. The first-order valence-corrected chi connectivity index (χ1v) is 6.39. The van der Waals surface area contributed by atoms with Gasteiger partial charge in [0.05, 0.1) is 0 Å². The predicted molar refractivity (Wildman–Crippen MR) is 67.9 cm³/mol. The third-order valence-corrected chi connectivity index (χ3v) is 3.95. The van der Waals surface area contributed by atoms with E-state index < -0.39 is 0 Å². The minimum absolute atomic E-state index is 1.16. The van der Waals surface area contributed by atoms with Gasteiger partial charge in [0.2, 0.25) is 0 Å². The van der Waals surface area contributed by atoms with E-state index in [9.17, 15) is 0 Å². The molecule has 1 aromatic carbocycles. The van der Waals surface area contributed by atoms with Gasteiger partial charge in [-0.2, -0.15) is 0 Å². The lowest BCUT2D eigenvalue weighted by molar-refractivity contribution is 0.330. The highest BCUT2D eigenvalue weighted by atomic mass is 15.1. The van der Waals surface area contributed by atoms with E-state index in [1.165, 1.54) is 44.6 Å². The van der Waals surface area contributed by atoms with E-state index >= 15 is 0 Å². The summed E-state index contributed by atoms with van der Waals surface area (Å²) in [5, 5.41) is 0. The Labute approximate surface area is 97.9 Å². The van der Waals surface area contributed by atoms with Crippen molar-refractivity contribution in [2.75, 3.05) is 31.6 Å². The highest BCUT2D eigenvalue weighted by Gasteiger charge is 2.20. The zero-order valence-electron chi connectivity index (χ0n) is 10.1. The number of likely N-dealkylation sites (N-methyl/N-ethyl adjacent to an activating group) is 1. The van der Waals surface area contributed by atoms with Gasteiger partial charge in [0.1, 0.15) is 0 Å². The zero-order valence-corrected chi connectivity index (χ0v) is 10.1. The number of hydrogen-bond acceptors (Lipinski definition) is 2. The lowest BCUT2D eigenvalue weighted by Crippen LogP contribution is -2.19. The quantitative estimate of drug-likeness (QED) is 0.748. The molecule has 1 fully saturated rings. The Bertz CT molecular complexity index is 380. The Morgan fingerprint density at radius 1 is 1.12 bits per heavy atom. The molecule has 0 atom stereocenters. The van der Waals surface area contributed by atoms with Gasteiger partial charge >= 0.3 is 0 Å². The first kappa shape index (κ1) is 10.2. The Balaban J connectivity index is 1.84. The molecule has 0 radical (unpaired) electrons. The van der Waals surface area contributed by atoms with E-state index in [1.54, 1.807) is 11.1 Å². The smallest absolute Gasteiger partial charge is 0.0400 e. The van der Waals surface area contributed by atoms with Crippen LogP contribution in [0.15, 0.2) is 18.2 Å². The number of benzene rings is 1. The number of rotatable bonds is 2. The lowest BCUT2D eigenvalue weighted by atomic mass is 10.0. The van der Waals surface area contributed by atoms with Crippen LogP contribution in [-0.2, 0) is 13.0 Å². The summed E-state index contributed by atoms with van der Waals surface area (Å²) >= 11 is 0. The maximum absolute atomic E-state index is 2.59. The number of hydrogen-bond donors (Lipinski definition) is 0. The summed E-state index contributed by atoms with van der Waals surface area (Å²) in [4.78, 5) is 4.97. The summed E-state index contributed by atoms with van der Waals surface area (Å²) in [5.74, 6) is 0. The minimum atomic E-state index is 1.16. The second-order valence-electron chi connectivity index (χ2n) is 5.07. The molecule has 2 aliphatic rings. The van der Waals surface area contributed by atoms with E-state index in [4.69, 9.17) is 0 Å². The minimum Gasteiger partial charge on any atom is -0.374 e. The summed E-state index contributed by atoms with van der Waals surface area (Å²) in [6.07, 6.45) is 4.00. The average molecular weight is 216 g/mol. The molecule has 16 heavy (non-hydrogen) atoms. The molecule has 0 amide bonds. The van der Waals surface area contributed by atoms with Gasteiger partial charge in [-0.1, -0.05) is 12.1 Å². The van der Waals surface area contributed by atoms with Crippen LogP contribution >= 0.6 is 0 Å². The fourth-order valence-electron chi connectivity index (χ4n) is 3.00. The van der Waals surface area contributed by atoms with Gasteiger partial charge in [0, 0.05) is 25.8 Å². The number of likely N-dealkylation sites (tertiary alicyclic amines) is 1. The van der Waals surface area contributed by atoms with E-state index in [2.05, 4.69) is 35.0 Å². The second kappa shape index (κ2) is 4.10. The fourth-order valence-corrected chi connectivity index (χ4v) is 3.00. The SMILES string of the molecule is CN1CCc2c(CN3CCCC3)cccc21. The Morgan fingerprint density at radius 2 is 1.94 bits per heavy atom. The largest absolute Gasteiger partial charge is 0.374 e. The van der Waals surface area contributed by atoms with E-state index in [1.807, 2.05) is 0 Å². The first-order valence-electron chi connectivity index (χ1n) is 6.39. The highest BCUT2D eigenvalue weighted by Crippen LogP contribution is 2.30. The van der Waals surface area contributed by atoms with Crippen LogP contribution in [0.25, 0.3) is 0 Å². The van der Waals surface area contributed by atoms with Crippen LogP contribution in [0.5, 0.6) is 0 Å². The van der Waals surface area contributed by atoms with Crippen LogP contribution in [0, 0.1) is 0 Å². The molecule has 2 aliphatic heterocycles. The van der Waals surface area contributed by atoms with Gasteiger partial charge in [0.15, 0.2) is 0 Å². The molecule has 1 saturated heterocycles. The molecule has 0 N–H and O–H groups in total. The molecule has 86 valence electrons. The van der Waals surface area contributed by atoms with Crippen molar-refractivity contribution >= 4 is 5.69 Å². The Hall–Kier alpha value is -1.02. The van der Waals surface area contributed by atoms with Crippen molar-refractivity contribution < 1.29 is 0 Å². The first-order chi connectivity index (χ1) is 7.84. The molecule has 0 spiro atoms. The van der Waals surface area contributed by atoms with Gasteiger partial charge < -0.3 is 4.90 Å². The fraction of sp³-hybridized carbons (Fsp3) is 0.571. The summed E-state index contributed by atoms with van der Waals surface area (Å²) in [7, 11) is 2.20. The van der Waals surface area contributed by atoms with Crippen molar-refractivity contribution in [3.05, 3.63) is 29.3 Å². The van der Waals surface area contributed by atoms with Crippen LogP contribution in [-0.4, -0.2) is 31.6 Å². The zero-order chi connectivity index (χ0) is 11.0. The molecular weight excluding hydrogens is 196 g/mol. The summed E-state index contributed by atoms with van der Waals surface area (Å²) in [6, 6.07) is 6.79. The van der Waals surface area contributed by atoms with Gasteiger partial charge in [-0.3, -0.25) is 4.90 Å².